The standard InChI is InChI=1S/C36H37NO5S/c1-35(2)19-28-33(30(38)21-35)32(25-14-11-15-26(18-25)42-43(40,41)27-16-9-6-10-17-27)34-29(20-36(3,4)22-31(34)39)37(28)23-24-12-7-5-8-13-24/h5-18,32H,19-23H2,1-4H3. The van der Waals surface area contributed by atoms with Crippen LogP contribution < -0.4 is 4.18 Å². The number of hydrogen-bond donors (Lipinski definition) is 0. The zero-order valence-corrected chi connectivity index (χ0v) is 25.9. The van der Waals surface area contributed by atoms with Crippen molar-refractivity contribution in [2.45, 2.75) is 70.7 Å². The van der Waals surface area contributed by atoms with E-state index in [1.54, 1.807) is 36.4 Å². The molecule has 7 heteroatoms. The third-order valence-corrected chi connectivity index (χ3v) is 9.90. The molecule has 1 aliphatic heterocycles. The number of allylic oxidation sites excluding steroid dienone is 4. The third-order valence-electron chi connectivity index (χ3n) is 8.63. The van der Waals surface area contributed by atoms with E-state index in [0.29, 0.717) is 48.9 Å². The summed E-state index contributed by atoms with van der Waals surface area (Å²) in [6.45, 7) is 9.04. The van der Waals surface area contributed by atoms with Crippen molar-refractivity contribution in [2.75, 3.05) is 0 Å². The lowest BCUT2D eigenvalue weighted by Crippen LogP contribution is -2.44. The van der Waals surface area contributed by atoms with Crippen LogP contribution in [0.5, 0.6) is 5.75 Å². The lowest BCUT2D eigenvalue weighted by Gasteiger charge is -2.49. The lowest BCUT2D eigenvalue weighted by molar-refractivity contribution is -0.119. The topological polar surface area (TPSA) is 80.8 Å². The van der Waals surface area contributed by atoms with Crippen LogP contribution in [0.3, 0.4) is 0 Å². The normalized spacial score (nSPS) is 20.1. The van der Waals surface area contributed by atoms with Crippen LogP contribution in [-0.2, 0) is 26.3 Å². The molecular formula is C36H37NO5S. The van der Waals surface area contributed by atoms with Crippen molar-refractivity contribution in [1.82, 2.24) is 4.90 Å². The molecule has 6 rings (SSSR count). The molecule has 0 saturated heterocycles. The van der Waals surface area contributed by atoms with E-state index in [1.165, 1.54) is 12.1 Å². The number of benzene rings is 3. The van der Waals surface area contributed by atoms with Gasteiger partial charge in [-0.25, -0.2) is 0 Å². The van der Waals surface area contributed by atoms with Crippen LogP contribution in [0, 0.1) is 10.8 Å². The highest BCUT2D eigenvalue weighted by Crippen LogP contribution is 2.55. The van der Waals surface area contributed by atoms with Crippen molar-refractivity contribution in [3.05, 3.63) is 119 Å². The predicted octanol–water partition coefficient (Wildman–Crippen LogP) is 7.34. The Balaban J connectivity index is 1.51. The Bertz CT molecular complexity index is 1710. The Morgan fingerprint density at radius 3 is 1.81 bits per heavy atom. The van der Waals surface area contributed by atoms with Crippen LogP contribution >= 0.6 is 0 Å². The highest BCUT2D eigenvalue weighted by atomic mass is 32.2. The highest BCUT2D eigenvalue weighted by Gasteiger charge is 2.49. The zero-order chi connectivity index (χ0) is 30.6. The van der Waals surface area contributed by atoms with E-state index in [1.807, 2.05) is 24.3 Å². The minimum atomic E-state index is -4.07. The molecule has 0 aromatic heterocycles. The molecular weight excluding hydrogens is 558 g/mol. The van der Waals surface area contributed by atoms with Gasteiger partial charge < -0.3 is 9.08 Å². The van der Waals surface area contributed by atoms with Gasteiger partial charge in [0.05, 0.1) is 0 Å². The van der Waals surface area contributed by atoms with Crippen molar-refractivity contribution < 1.29 is 22.2 Å². The molecule has 222 valence electrons. The van der Waals surface area contributed by atoms with Crippen LogP contribution in [0.2, 0.25) is 0 Å². The molecule has 0 bridgehead atoms. The van der Waals surface area contributed by atoms with Gasteiger partial charge in [0.15, 0.2) is 11.6 Å². The number of Topliss-reactive ketones (excluding diaryl/α,β-unsaturated/α-hetero) is 2. The van der Waals surface area contributed by atoms with E-state index in [-0.39, 0.29) is 33.0 Å². The molecule has 0 amide bonds. The zero-order valence-electron chi connectivity index (χ0n) is 25.1. The summed E-state index contributed by atoms with van der Waals surface area (Å²) in [4.78, 5) is 30.5. The molecule has 0 saturated carbocycles. The van der Waals surface area contributed by atoms with E-state index in [9.17, 15) is 18.0 Å². The summed E-state index contributed by atoms with van der Waals surface area (Å²) in [5.74, 6) is -0.389. The number of hydrogen-bond acceptors (Lipinski definition) is 6. The molecule has 1 heterocycles. The second kappa shape index (κ2) is 10.6. The van der Waals surface area contributed by atoms with Crippen LogP contribution in [0.1, 0.15) is 70.4 Å². The van der Waals surface area contributed by atoms with Gasteiger partial charge in [0.25, 0.3) is 0 Å². The maximum atomic E-state index is 14.1. The summed E-state index contributed by atoms with van der Waals surface area (Å²) in [6, 6.07) is 25.0. The van der Waals surface area contributed by atoms with Crippen molar-refractivity contribution in [1.29, 1.82) is 0 Å². The van der Waals surface area contributed by atoms with Crippen molar-refractivity contribution >= 4 is 21.7 Å². The van der Waals surface area contributed by atoms with Crippen LogP contribution in [-0.4, -0.2) is 24.9 Å². The molecule has 0 N–H and O–H groups in total. The number of carbonyl (C=O) groups excluding carboxylic acids is 2. The molecule has 6 nitrogen and oxygen atoms in total. The smallest absolute Gasteiger partial charge is 0.339 e. The third kappa shape index (κ3) is 5.70. The average Bonchev–Trinajstić information content (AvgIpc) is 2.93. The fourth-order valence-corrected chi connectivity index (χ4v) is 7.79. The van der Waals surface area contributed by atoms with E-state index in [4.69, 9.17) is 4.18 Å². The van der Waals surface area contributed by atoms with Gasteiger partial charge in [-0.2, -0.15) is 8.42 Å². The second-order valence-electron chi connectivity index (χ2n) is 13.5. The van der Waals surface area contributed by atoms with Crippen LogP contribution in [0.25, 0.3) is 0 Å². The molecule has 0 spiro atoms. The van der Waals surface area contributed by atoms with Crippen molar-refractivity contribution in [2.24, 2.45) is 10.8 Å². The Labute approximate surface area is 254 Å². The monoisotopic (exact) mass is 595 g/mol. The number of ketones is 2. The minimum Gasteiger partial charge on any atom is -0.379 e. The highest BCUT2D eigenvalue weighted by molar-refractivity contribution is 7.87. The molecule has 0 atom stereocenters. The second-order valence-corrected chi connectivity index (χ2v) is 15.1. The Kier molecular flexibility index (Phi) is 7.20. The minimum absolute atomic E-state index is 0.0294. The van der Waals surface area contributed by atoms with E-state index in [0.717, 1.165) is 17.0 Å². The van der Waals surface area contributed by atoms with Crippen LogP contribution in [0.15, 0.2) is 112 Å². The molecule has 0 unspecified atom stereocenters. The van der Waals surface area contributed by atoms with E-state index >= 15 is 0 Å². The Morgan fingerprint density at radius 2 is 1.26 bits per heavy atom. The van der Waals surface area contributed by atoms with Gasteiger partial charge in [-0.3, -0.25) is 9.59 Å². The summed E-state index contributed by atoms with van der Waals surface area (Å²) in [6.07, 6.45) is 2.15. The molecule has 0 fully saturated rings. The van der Waals surface area contributed by atoms with Gasteiger partial charge in [0.1, 0.15) is 10.6 Å². The van der Waals surface area contributed by atoms with Crippen molar-refractivity contribution in [3.8, 4) is 5.75 Å². The quantitative estimate of drug-likeness (QED) is 0.278. The summed E-state index contributed by atoms with van der Waals surface area (Å²) < 4.78 is 31.7. The van der Waals surface area contributed by atoms with Gasteiger partial charge in [-0.05, 0) is 59.1 Å². The first-order chi connectivity index (χ1) is 20.3. The molecule has 3 aromatic carbocycles. The first-order valence-electron chi connectivity index (χ1n) is 14.8. The summed E-state index contributed by atoms with van der Waals surface area (Å²) in [7, 11) is -4.07. The Morgan fingerprint density at radius 1 is 0.721 bits per heavy atom. The fraction of sp³-hybridized carbons (Fsp3) is 0.333. The van der Waals surface area contributed by atoms with Crippen molar-refractivity contribution in [3.63, 3.8) is 0 Å². The Hall–Kier alpha value is -3.97. The first kappa shape index (κ1) is 29.1. The van der Waals surface area contributed by atoms with Gasteiger partial charge in [-0.15, -0.1) is 0 Å². The lowest BCUT2D eigenvalue weighted by atomic mass is 9.63. The maximum Gasteiger partial charge on any atom is 0.339 e. The molecule has 43 heavy (non-hydrogen) atoms. The fourth-order valence-electron chi connectivity index (χ4n) is 6.85. The maximum absolute atomic E-state index is 14.1. The first-order valence-corrected chi connectivity index (χ1v) is 16.2. The SMILES string of the molecule is CC1(C)CC(=O)C2=C(C1)N(Cc1ccccc1)C1=C(C(=O)CC(C)(C)C1)C2c1cccc(OS(=O)(=O)c2ccccc2)c1. The van der Waals surface area contributed by atoms with Gasteiger partial charge >= 0.3 is 10.1 Å². The number of rotatable bonds is 6. The molecule has 3 aromatic rings. The van der Waals surface area contributed by atoms with Gasteiger partial charge in [0, 0.05) is 47.8 Å². The predicted molar refractivity (Wildman–Crippen MR) is 166 cm³/mol. The van der Waals surface area contributed by atoms with Gasteiger partial charge in [0.2, 0.25) is 0 Å². The van der Waals surface area contributed by atoms with E-state index < -0.39 is 16.0 Å². The summed E-state index contributed by atoms with van der Waals surface area (Å²) >= 11 is 0. The largest absolute Gasteiger partial charge is 0.379 e. The molecule has 0 radical (unpaired) electrons. The number of carbonyl (C=O) groups is 2. The summed E-state index contributed by atoms with van der Waals surface area (Å²) in [5.41, 5.74) is 4.52. The molecule has 2 aliphatic carbocycles. The molecule has 3 aliphatic rings. The number of nitrogens with zero attached hydrogens (tertiary/aromatic N) is 1. The summed E-state index contributed by atoms with van der Waals surface area (Å²) in [5, 5.41) is 0. The van der Waals surface area contributed by atoms with Gasteiger partial charge in [-0.1, -0.05) is 88.4 Å². The average molecular weight is 596 g/mol. The van der Waals surface area contributed by atoms with E-state index in [2.05, 4.69) is 44.7 Å². The van der Waals surface area contributed by atoms with Crippen LogP contribution in [0.4, 0.5) is 0 Å².